The van der Waals surface area contributed by atoms with Crippen molar-refractivity contribution in [3.05, 3.63) is 35.4 Å². The van der Waals surface area contributed by atoms with Crippen molar-refractivity contribution >= 4 is 11.9 Å². The molecule has 1 aromatic carbocycles. The van der Waals surface area contributed by atoms with E-state index in [1.165, 1.54) is 12.5 Å². The van der Waals surface area contributed by atoms with Crippen LogP contribution in [0.1, 0.15) is 29.6 Å². The maximum absolute atomic E-state index is 13.2. The summed E-state index contributed by atoms with van der Waals surface area (Å²) < 4.78 is 57.9. The van der Waals surface area contributed by atoms with Crippen LogP contribution < -0.4 is 0 Å². The Morgan fingerprint density at radius 1 is 1.04 bits per heavy atom. The number of carbonyl (C=O) groups is 2. The quantitative estimate of drug-likeness (QED) is 0.745. The average molecular weight is 394 g/mol. The number of rotatable bonds is 1. The van der Waals surface area contributed by atoms with Gasteiger partial charge in [-0.05, 0) is 44.0 Å². The highest BCUT2D eigenvalue weighted by Crippen LogP contribution is 2.22. The standard InChI is InChI=1S/C15H18F2N2O.C2HF3O2/c16-13-5-4-11(9-14(13)17)15(20)19-8-2-7-18-6-1-3-12(18)10-19;3-2(4,5)1(6)7/h4-5,9,12H,1-3,6-8,10H2;(H,6,7). The Bertz CT molecular complexity index is 696. The van der Waals surface area contributed by atoms with E-state index in [1.54, 1.807) is 4.90 Å². The number of amides is 1. The van der Waals surface area contributed by atoms with E-state index in [1.807, 2.05) is 0 Å². The maximum Gasteiger partial charge on any atom is 0.490 e. The minimum atomic E-state index is -5.08. The second kappa shape index (κ2) is 8.64. The molecule has 2 aliphatic heterocycles. The molecule has 1 unspecified atom stereocenters. The third-order valence-corrected chi connectivity index (χ3v) is 4.50. The molecule has 1 N–H and O–H groups in total. The number of carboxylic acids is 1. The molecule has 0 aliphatic carbocycles. The zero-order chi connectivity index (χ0) is 20.2. The summed E-state index contributed by atoms with van der Waals surface area (Å²) in [4.78, 5) is 25.5. The van der Waals surface area contributed by atoms with Crippen LogP contribution in [0.25, 0.3) is 0 Å². The third-order valence-electron chi connectivity index (χ3n) is 4.50. The number of alkyl halides is 3. The molecule has 5 nitrogen and oxygen atoms in total. The molecule has 0 bridgehead atoms. The normalized spacial score (nSPS) is 20.3. The fourth-order valence-corrected chi connectivity index (χ4v) is 3.20. The first-order valence-corrected chi connectivity index (χ1v) is 8.38. The van der Waals surface area contributed by atoms with Crippen LogP contribution in [0, 0.1) is 11.6 Å². The van der Waals surface area contributed by atoms with E-state index in [-0.39, 0.29) is 11.5 Å². The van der Waals surface area contributed by atoms with Crippen LogP contribution >= 0.6 is 0 Å². The van der Waals surface area contributed by atoms with Crippen LogP contribution in [0.15, 0.2) is 18.2 Å². The molecular formula is C17H19F5N2O3. The van der Waals surface area contributed by atoms with E-state index in [0.29, 0.717) is 19.1 Å². The SMILES string of the molecule is O=C(O)C(F)(F)F.O=C(c1ccc(F)c(F)c1)N1CCCN2CCCC2C1. The lowest BCUT2D eigenvalue weighted by molar-refractivity contribution is -0.192. The van der Waals surface area contributed by atoms with E-state index in [0.717, 1.165) is 38.1 Å². The van der Waals surface area contributed by atoms with Crippen molar-refractivity contribution in [2.45, 2.75) is 31.5 Å². The van der Waals surface area contributed by atoms with E-state index in [2.05, 4.69) is 4.90 Å². The Morgan fingerprint density at radius 3 is 2.26 bits per heavy atom. The van der Waals surface area contributed by atoms with Gasteiger partial charge in [0.2, 0.25) is 0 Å². The monoisotopic (exact) mass is 394 g/mol. The average Bonchev–Trinajstić information content (AvgIpc) is 2.93. The summed E-state index contributed by atoms with van der Waals surface area (Å²) in [5.41, 5.74) is 0.232. The predicted octanol–water partition coefficient (Wildman–Crippen LogP) is 2.91. The molecule has 10 heteroatoms. The van der Waals surface area contributed by atoms with E-state index in [4.69, 9.17) is 9.90 Å². The highest BCUT2D eigenvalue weighted by Gasteiger charge is 2.38. The van der Waals surface area contributed by atoms with Gasteiger partial charge in [0.25, 0.3) is 5.91 Å². The fourth-order valence-electron chi connectivity index (χ4n) is 3.20. The number of hydrogen-bond acceptors (Lipinski definition) is 3. The first-order chi connectivity index (χ1) is 12.6. The highest BCUT2D eigenvalue weighted by atomic mass is 19.4. The summed E-state index contributed by atoms with van der Waals surface area (Å²) in [6.45, 7) is 3.51. The molecule has 1 amide bonds. The fraction of sp³-hybridized carbons (Fsp3) is 0.529. The van der Waals surface area contributed by atoms with Crippen molar-refractivity contribution in [2.24, 2.45) is 0 Å². The van der Waals surface area contributed by atoms with Crippen LogP contribution in [0.2, 0.25) is 0 Å². The number of benzene rings is 1. The molecular weight excluding hydrogens is 375 g/mol. The summed E-state index contributed by atoms with van der Waals surface area (Å²) in [6.07, 6.45) is -1.86. The van der Waals surface area contributed by atoms with Crippen LogP contribution in [0.3, 0.4) is 0 Å². The number of hydrogen-bond donors (Lipinski definition) is 1. The van der Waals surface area contributed by atoms with Gasteiger partial charge in [-0.3, -0.25) is 9.69 Å². The van der Waals surface area contributed by atoms with Crippen molar-refractivity contribution < 1.29 is 36.6 Å². The van der Waals surface area contributed by atoms with Gasteiger partial charge in [-0.1, -0.05) is 0 Å². The Labute approximate surface area is 152 Å². The Morgan fingerprint density at radius 2 is 1.67 bits per heavy atom. The van der Waals surface area contributed by atoms with E-state index >= 15 is 0 Å². The molecule has 1 aromatic rings. The van der Waals surface area contributed by atoms with Gasteiger partial charge in [0.15, 0.2) is 11.6 Å². The van der Waals surface area contributed by atoms with Gasteiger partial charge in [-0.15, -0.1) is 0 Å². The van der Waals surface area contributed by atoms with Gasteiger partial charge < -0.3 is 10.0 Å². The Hall–Kier alpha value is -2.23. The van der Waals surface area contributed by atoms with Gasteiger partial charge in [-0.2, -0.15) is 13.2 Å². The lowest BCUT2D eigenvalue weighted by Gasteiger charge is -2.25. The van der Waals surface area contributed by atoms with Crippen LogP contribution in [-0.4, -0.2) is 65.2 Å². The highest BCUT2D eigenvalue weighted by molar-refractivity contribution is 5.94. The first kappa shape index (κ1) is 21.1. The molecule has 1 atom stereocenters. The lowest BCUT2D eigenvalue weighted by atomic mass is 10.1. The summed E-state index contributed by atoms with van der Waals surface area (Å²) >= 11 is 0. The number of carbonyl (C=O) groups excluding carboxylic acids is 1. The number of fused-ring (bicyclic) bond motifs is 1. The van der Waals surface area contributed by atoms with Crippen molar-refractivity contribution in [2.75, 3.05) is 26.2 Å². The molecule has 3 rings (SSSR count). The largest absolute Gasteiger partial charge is 0.490 e. The maximum atomic E-state index is 13.2. The van der Waals surface area contributed by atoms with Gasteiger partial charge in [0, 0.05) is 31.2 Å². The number of nitrogens with zero attached hydrogens (tertiary/aromatic N) is 2. The van der Waals surface area contributed by atoms with Crippen molar-refractivity contribution in [1.82, 2.24) is 9.80 Å². The van der Waals surface area contributed by atoms with E-state index < -0.39 is 23.8 Å². The number of aliphatic carboxylic acids is 1. The summed E-state index contributed by atoms with van der Waals surface area (Å²) in [5, 5.41) is 7.12. The van der Waals surface area contributed by atoms with Crippen LogP contribution in [0.5, 0.6) is 0 Å². The summed E-state index contributed by atoms with van der Waals surface area (Å²) in [6, 6.07) is 3.79. The molecule has 0 saturated carbocycles. The molecule has 0 spiro atoms. The molecule has 0 aromatic heterocycles. The smallest absolute Gasteiger partial charge is 0.475 e. The second-order valence-corrected chi connectivity index (χ2v) is 6.37. The number of carboxylic acid groups (broad SMARTS) is 1. The van der Waals surface area contributed by atoms with Gasteiger partial charge in [0.05, 0.1) is 0 Å². The van der Waals surface area contributed by atoms with Crippen molar-refractivity contribution in [1.29, 1.82) is 0 Å². The van der Waals surface area contributed by atoms with Gasteiger partial charge in [0.1, 0.15) is 0 Å². The zero-order valence-corrected chi connectivity index (χ0v) is 14.3. The van der Waals surface area contributed by atoms with Crippen molar-refractivity contribution in [3.63, 3.8) is 0 Å². The zero-order valence-electron chi connectivity index (χ0n) is 14.3. The molecule has 2 saturated heterocycles. The molecule has 0 radical (unpaired) electrons. The minimum absolute atomic E-state index is 0.197. The third kappa shape index (κ3) is 5.62. The number of halogens is 5. The van der Waals surface area contributed by atoms with E-state index in [9.17, 15) is 26.7 Å². The topological polar surface area (TPSA) is 60.9 Å². The van der Waals surface area contributed by atoms with Crippen LogP contribution in [-0.2, 0) is 4.79 Å². The molecule has 150 valence electrons. The lowest BCUT2D eigenvalue weighted by Crippen LogP contribution is -2.39. The molecule has 2 fully saturated rings. The Kier molecular flexibility index (Phi) is 6.74. The summed E-state index contributed by atoms with van der Waals surface area (Å²) in [5.74, 6) is -4.84. The van der Waals surface area contributed by atoms with Gasteiger partial charge >= 0.3 is 12.1 Å². The Balaban J connectivity index is 0.000000321. The molecule has 2 aliphatic rings. The molecule has 27 heavy (non-hydrogen) atoms. The first-order valence-electron chi connectivity index (χ1n) is 8.38. The van der Waals surface area contributed by atoms with Crippen molar-refractivity contribution in [3.8, 4) is 0 Å². The van der Waals surface area contributed by atoms with Crippen LogP contribution in [0.4, 0.5) is 22.0 Å². The minimum Gasteiger partial charge on any atom is -0.475 e. The van der Waals surface area contributed by atoms with Gasteiger partial charge in [-0.25, -0.2) is 13.6 Å². The second-order valence-electron chi connectivity index (χ2n) is 6.37. The summed E-state index contributed by atoms with van der Waals surface area (Å²) in [7, 11) is 0. The molecule has 2 heterocycles. The predicted molar refractivity (Wildman–Crippen MR) is 85.2 cm³/mol.